The van der Waals surface area contributed by atoms with Gasteiger partial charge in [-0.25, -0.2) is 44.9 Å². The molecule has 21 nitrogen and oxygen atoms in total. The second kappa shape index (κ2) is 26.3. The number of furan rings is 4. The van der Waals surface area contributed by atoms with E-state index in [1.54, 1.807) is 12.4 Å². The van der Waals surface area contributed by atoms with Gasteiger partial charge in [-0.1, -0.05) is 48.5 Å². The van der Waals surface area contributed by atoms with Crippen LogP contribution in [-0.4, -0.2) is 95.7 Å². The number of aromatic nitrogens is 9. The van der Waals surface area contributed by atoms with Crippen molar-refractivity contribution in [1.82, 2.24) is 44.9 Å². The van der Waals surface area contributed by atoms with E-state index in [4.69, 9.17) is 27.6 Å². The predicted octanol–water partition coefficient (Wildman–Crippen LogP) is 20.7. The maximum Gasteiger partial charge on any atom is 0.227 e. The van der Waals surface area contributed by atoms with Crippen LogP contribution >= 0.6 is 0 Å². The molecule has 0 radical (unpaired) electrons. The first kappa shape index (κ1) is 68.7. The van der Waals surface area contributed by atoms with Gasteiger partial charge in [0.05, 0.1) is 39.8 Å². The fraction of sp³-hybridized carbons (Fsp3) is 0.276. The zero-order valence-electron chi connectivity index (χ0n) is 64.3. The molecule has 544 valence electrons. The summed E-state index contributed by atoms with van der Waals surface area (Å²) in [5.41, 5.74) is 22.4. The number of aryl methyl sites for hydroxylation is 8. The SMILES string of the molecule is Cc1ccc2c(n1)oc1c(N3c4cccnc4N(C(C)C)C3C)c(C)ccc12.Cc1ccc2c(n1)oc1c(N3c4cccnc4N(C)C3C)c(C)ccc12.Cc1ccc2c(n1)oc1c(N3c4ncccc4N(C(C)C)C3C)c(C)ccc12.Cc1ccc2c(n1)oc1c(N3c4nccnc4N(C)C3C)c(C)ccc12. The first-order chi connectivity index (χ1) is 52.1. The lowest BCUT2D eigenvalue weighted by Crippen LogP contribution is -2.42. The Kier molecular flexibility index (Phi) is 16.7. The van der Waals surface area contributed by atoms with Gasteiger partial charge in [0.1, 0.15) is 24.7 Å². The van der Waals surface area contributed by atoms with E-state index in [-0.39, 0.29) is 24.7 Å². The number of nitrogens with zero attached hydrogens (tertiary/aromatic N) is 17. The summed E-state index contributed by atoms with van der Waals surface area (Å²) >= 11 is 0. The minimum Gasteiger partial charge on any atom is -0.435 e. The Bertz CT molecular complexity index is 5880. The van der Waals surface area contributed by atoms with Gasteiger partial charge in [0.25, 0.3) is 0 Å². The number of anilines is 12. The molecule has 108 heavy (non-hydrogen) atoms. The molecule has 20 rings (SSSR count). The van der Waals surface area contributed by atoms with Crippen LogP contribution < -0.4 is 39.2 Å². The zero-order valence-corrected chi connectivity index (χ0v) is 64.3. The van der Waals surface area contributed by atoms with Crippen molar-refractivity contribution in [2.24, 2.45) is 0 Å². The number of fused-ring (bicyclic) bond motifs is 16. The Morgan fingerprint density at radius 1 is 0.287 bits per heavy atom. The maximum absolute atomic E-state index is 6.33. The third-order valence-corrected chi connectivity index (χ3v) is 21.9. The Morgan fingerprint density at radius 2 is 0.583 bits per heavy atom. The van der Waals surface area contributed by atoms with Crippen molar-refractivity contribution in [3.63, 3.8) is 0 Å². The molecular formula is C87H87N17O4. The maximum atomic E-state index is 6.33. The van der Waals surface area contributed by atoms with Crippen LogP contribution in [0.5, 0.6) is 0 Å². The van der Waals surface area contributed by atoms with Crippen LogP contribution in [0.1, 0.15) is 100 Å². The van der Waals surface area contributed by atoms with Crippen LogP contribution in [0.15, 0.2) is 182 Å². The fourth-order valence-electron chi connectivity index (χ4n) is 16.6. The van der Waals surface area contributed by atoms with Crippen LogP contribution in [0.25, 0.3) is 88.3 Å². The van der Waals surface area contributed by atoms with Gasteiger partial charge < -0.3 is 52.0 Å². The van der Waals surface area contributed by atoms with Gasteiger partial charge in [0, 0.05) is 123 Å². The van der Waals surface area contributed by atoms with Crippen LogP contribution in [0.4, 0.5) is 68.9 Å². The molecule has 0 N–H and O–H groups in total. The largest absolute Gasteiger partial charge is 0.435 e. The van der Waals surface area contributed by atoms with Crippen LogP contribution in [0.3, 0.4) is 0 Å². The van der Waals surface area contributed by atoms with Crippen molar-refractivity contribution in [1.29, 1.82) is 0 Å². The van der Waals surface area contributed by atoms with E-state index < -0.39 is 0 Å². The lowest BCUT2D eigenvalue weighted by Gasteiger charge is -2.33. The summed E-state index contributed by atoms with van der Waals surface area (Å²) in [7, 11) is 4.12. The first-order valence-corrected chi connectivity index (χ1v) is 37.1. The van der Waals surface area contributed by atoms with Gasteiger partial charge in [-0.2, -0.15) is 0 Å². The van der Waals surface area contributed by atoms with Gasteiger partial charge in [-0.3, -0.25) is 4.90 Å². The molecule has 0 amide bonds. The first-order valence-electron chi connectivity index (χ1n) is 37.1. The highest BCUT2D eigenvalue weighted by molar-refractivity contribution is 6.13. The van der Waals surface area contributed by atoms with E-state index in [9.17, 15) is 0 Å². The average molecular weight is 1430 g/mol. The van der Waals surface area contributed by atoms with Crippen molar-refractivity contribution >= 4 is 157 Å². The van der Waals surface area contributed by atoms with Gasteiger partial charge in [-0.05, 0) is 218 Å². The zero-order chi connectivity index (χ0) is 75.2. The second-order valence-electron chi connectivity index (χ2n) is 29.5. The van der Waals surface area contributed by atoms with Crippen LogP contribution in [0.2, 0.25) is 0 Å². The molecule has 16 heterocycles. The van der Waals surface area contributed by atoms with Crippen LogP contribution in [-0.2, 0) is 0 Å². The van der Waals surface area contributed by atoms with Crippen molar-refractivity contribution in [3.05, 3.63) is 209 Å². The molecule has 0 aliphatic carbocycles. The van der Waals surface area contributed by atoms with Crippen molar-refractivity contribution in [2.75, 3.05) is 53.3 Å². The molecule has 12 aromatic heterocycles. The Balaban J connectivity index is 0.000000106. The summed E-state index contributed by atoms with van der Waals surface area (Å²) in [4.78, 5) is 59.8. The van der Waals surface area contributed by atoms with E-state index in [0.29, 0.717) is 34.9 Å². The molecule has 0 fully saturated rings. The highest BCUT2D eigenvalue weighted by Crippen LogP contribution is 2.53. The molecule has 21 heteroatoms. The molecule has 4 atom stereocenters. The summed E-state index contributed by atoms with van der Waals surface area (Å²) in [5, 5.41) is 8.56. The number of rotatable bonds is 6. The van der Waals surface area contributed by atoms with Gasteiger partial charge >= 0.3 is 0 Å². The lowest BCUT2D eigenvalue weighted by molar-refractivity contribution is 0.597. The Labute approximate surface area is 626 Å². The molecule has 0 saturated carbocycles. The summed E-state index contributed by atoms with van der Waals surface area (Å²) < 4.78 is 25.1. The van der Waals surface area contributed by atoms with Gasteiger partial charge in [0.2, 0.25) is 22.9 Å². The number of pyridine rings is 7. The molecule has 4 unspecified atom stereocenters. The molecule has 0 spiro atoms. The normalized spacial score (nSPS) is 16.6. The number of benzene rings is 4. The number of hydrogen-bond acceptors (Lipinski definition) is 21. The van der Waals surface area contributed by atoms with Gasteiger partial charge in [-0.15, -0.1) is 0 Å². The van der Waals surface area contributed by atoms with E-state index in [1.165, 1.54) is 11.1 Å². The third kappa shape index (κ3) is 10.9. The smallest absolute Gasteiger partial charge is 0.227 e. The van der Waals surface area contributed by atoms with Crippen molar-refractivity contribution < 1.29 is 17.7 Å². The van der Waals surface area contributed by atoms with Crippen molar-refractivity contribution in [2.45, 2.75) is 148 Å². The van der Waals surface area contributed by atoms with E-state index in [2.05, 4.69) is 255 Å². The highest BCUT2D eigenvalue weighted by Gasteiger charge is 2.42. The lowest BCUT2D eigenvalue weighted by atomic mass is 10.1. The summed E-state index contributed by atoms with van der Waals surface area (Å²) in [6, 6.07) is 46.8. The van der Waals surface area contributed by atoms with Gasteiger partial charge in [0.15, 0.2) is 51.4 Å². The topological polar surface area (TPSA) is 194 Å². The molecule has 4 aromatic carbocycles. The minimum atomic E-state index is 0.0830. The molecular weight excluding hydrogens is 1350 g/mol. The quantitative estimate of drug-likeness (QED) is 0.152. The molecule has 16 aromatic rings. The Morgan fingerprint density at radius 3 is 0.991 bits per heavy atom. The Hall–Kier alpha value is -12.4. The molecule has 0 saturated heterocycles. The van der Waals surface area contributed by atoms with Crippen LogP contribution in [0, 0.1) is 55.4 Å². The summed E-state index contributed by atoms with van der Waals surface area (Å²) in [6.07, 6.45) is 9.53. The van der Waals surface area contributed by atoms with E-state index >= 15 is 0 Å². The fourth-order valence-corrected chi connectivity index (χ4v) is 16.6. The second-order valence-corrected chi connectivity index (χ2v) is 29.5. The summed E-state index contributed by atoms with van der Waals surface area (Å²) in [6.45, 7) is 34.1. The average Bonchev–Trinajstić information content (AvgIpc) is 1.61. The monoisotopic (exact) mass is 1430 g/mol. The number of hydrogen-bond donors (Lipinski definition) is 0. The highest BCUT2D eigenvalue weighted by atomic mass is 16.4. The molecule has 0 bridgehead atoms. The van der Waals surface area contributed by atoms with E-state index in [1.807, 2.05) is 95.8 Å². The molecule has 4 aliphatic rings. The van der Waals surface area contributed by atoms with Crippen molar-refractivity contribution in [3.8, 4) is 0 Å². The standard InChI is InChI=1S/2C23H24N4O.C21H20N4O.C20H19N5O/c1-13(2)26-16(5)27(19-7-6-12-24-22(19)26)20-14(3)8-10-17-18-11-9-15(4)25-23(18)28-21(17)20;1-13(2)26-16(5)27(22-19(26)7-6-12-24-22)20-14(3)8-10-17-18-11-9-15(4)25-23(18)28-21(17)20;1-12-7-9-15-16-10-8-13(2)23-21(16)26-19(15)18(12)25-14(3)24(4)20-17(25)6-5-11-22-20;1-11-5-7-14-15-8-6-12(2)23-20(15)26-17(14)16(11)25-13(3)24(4)18-19(25)22-10-9-21-18/h2*6-13,16H,1-5H3;5-11,14H,1-4H3;5-10,13H,1-4H3. The minimum absolute atomic E-state index is 0.0830. The van der Waals surface area contributed by atoms with E-state index in [0.717, 1.165) is 168 Å². The third-order valence-electron chi connectivity index (χ3n) is 21.9. The predicted molar refractivity (Wildman–Crippen MR) is 437 cm³/mol. The molecule has 4 aliphatic heterocycles. The summed E-state index contributed by atoms with van der Waals surface area (Å²) in [5.74, 6) is 4.71.